The Morgan fingerprint density at radius 1 is 1.19 bits per heavy atom. The zero-order valence-electron chi connectivity index (χ0n) is 16.0. The third-order valence-electron chi connectivity index (χ3n) is 4.58. The first-order chi connectivity index (χ1) is 13.0. The van der Waals surface area contributed by atoms with E-state index in [0.29, 0.717) is 29.9 Å². The Morgan fingerprint density at radius 3 is 2.59 bits per heavy atom. The van der Waals surface area contributed by atoms with Crippen molar-refractivity contribution in [2.75, 3.05) is 18.4 Å². The number of pyridine rings is 1. The Kier molecular flexibility index (Phi) is 5.21. The van der Waals surface area contributed by atoms with E-state index in [9.17, 15) is 9.59 Å². The molecule has 2 heterocycles. The number of para-hydroxylation sites is 1. The molecule has 0 saturated heterocycles. The lowest BCUT2D eigenvalue weighted by Gasteiger charge is -2.20. The number of anilines is 1. The van der Waals surface area contributed by atoms with Crippen LogP contribution < -0.4 is 5.32 Å². The Bertz CT molecular complexity index is 1000. The molecule has 0 spiro atoms. The van der Waals surface area contributed by atoms with Crippen LogP contribution in [0.3, 0.4) is 0 Å². The number of rotatable bonds is 5. The highest BCUT2D eigenvalue weighted by Crippen LogP contribution is 2.20. The Morgan fingerprint density at radius 2 is 1.89 bits per heavy atom. The molecule has 0 aliphatic heterocycles. The maximum atomic E-state index is 12.8. The van der Waals surface area contributed by atoms with Crippen LogP contribution in [0, 0.1) is 6.92 Å². The average molecular weight is 365 g/mol. The first-order valence-electron chi connectivity index (χ1n) is 8.95. The van der Waals surface area contributed by atoms with Gasteiger partial charge in [-0.25, -0.2) is 4.98 Å². The van der Waals surface area contributed by atoms with E-state index in [2.05, 4.69) is 15.4 Å². The molecule has 1 aromatic carbocycles. The molecule has 1 N–H and O–H groups in total. The highest BCUT2D eigenvalue weighted by atomic mass is 16.2. The summed E-state index contributed by atoms with van der Waals surface area (Å²) < 4.78 is 1.68. The Balaban J connectivity index is 1.91. The smallest absolute Gasteiger partial charge is 0.257 e. The van der Waals surface area contributed by atoms with Gasteiger partial charge in [0.25, 0.3) is 11.8 Å². The van der Waals surface area contributed by atoms with Crippen LogP contribution in [0.1, 0.15) is 40.3 Å². The van der Waals surface area contributed by atoms with Crippen molar-refractivity contribution in [3.05, 3.63) is 53.3 Å². The molecule has 0 fully saturated rings. The number of benzene rings is 1. The third kappa shape index (κ3) is 3.53. The lowest BCUT2D eigenvalue weighted by molar-refractivity contribution is 0.0774. The third-order valence-corrected chi connectivity index (χ3v) is 4.58. The molecule has 3 aromatic rings. The van der Waals surface area contributed by atoms with Crippen molar-refractivity contribution >= 4 is 28.5 Å². The minimum absolute atomic E-state index is 0.104. The second kappa shape index (κ2) is 7.57. The number of nitrogens with one attached hydrogen (secondary N) is 1. The minimum Gasteiger partial charge on any atom is -0.339 e. The van der Waals surface area contributed by atoms with Gasteiger partial charge in [0, 0.05) is 31.7 Å². The van der Waals surface area contributed by atoms with Gasteiger partial charge in [-0.05, 0) is 39.0 Å². The molecular weight excluding hydrogens is 342 g/mol. The summed E-state index contributed by atoms with van der Waals surface area (Å²) in [5.74, 6) is -0.417. The number of carbonyl (C=O) groups excluding carboxylic acids is 2. The van der Waals surface area contributed by atoms with E-state index in [0.717, 1.165) is 16.7 Å². The molecule has 7 nitrogen and oxygen atoms in total. The van der Waals surface area contributed by atoms with Crippen LogP contribution in [0.25, 0.3) is 11.0 Å². The van der Waals surface area contributed by atoms with Crippen LogP contribution in [0.2, 0.25) is 0 Å². The van der Waals surface area contributed by atoms with Gasteiger partial charge in [-0.1, -0.05) is 12.1 Å². The molecule has 0 aliphatic rings. The Labute approximate surface area is 158 Å². The number of aromatic nitrogens is 3. The maximum absolute atomic E-state index is 12.8. The summed E-state index contributed by atoms with van der Waals surface area (Å²) in [7, 11) is 1.82. The lowest BCUT2D eigenvalue weighted by Crippen LogP contribution is -2.31. The molecule has 7 heteroatoms. The number of fused-ring (bicyclic) bond motifs is 1. The summed E-state index contributed by atoms with van der Waals surface area (Å²) in [6.07, 6.45) is 1.52. The van der Waals surface area contributed by atoms with Crippen LogP contribution in [0.4, 0.5) is 5.69 Å². The number of amides is 2. The number of carbonyl (C=O) groups is 2. The fourth-order valence-corrected chi connectivity index (χ4v) is 3.09. The molecule has 0 saturated carbocycles. The van der Waals surface area contributed by atoms with E-state index in [-0.39, 0.29) is 11.8 Å². The van der Waals surface area contributed by atoms with E-state index in [1.165, 1.54) is 6.20 Å². The summed E-state index contributed by atoms with van der Waals surface area (Å²) >= 11 is 0. The SMILES string of the molecule is CCN(CC)C(=O)c1ccccc1NC(=O)c1cnc2c(c1)c(C)nn2C. The first kappa shape index (κ1) is 18.6. The van der Waals surface area contributed by atoms with Crippen molar-refractivity contribution in [1.29, 1.82) is 0 Å². The largest absolute Gasteiger partial charge is 0.339 e. The minimum atomic E-state index is -0.313. The highest BCUT2D eigenvalue weighted by molar-refractivity contribution is 6.09. The molecular formula is C20H23N5O2. The number of hydrogen-bond acceptors (Lipinski definition) is 4. The van der Waals surface area contributed by atoms with Crippen molar-refractivity contribution in [3.63, 3.8) is 0 Å². The molecule has 0 bridgehead atoms. The fourth-order valence-electron chi connectivity index (χ4n) is 3.09. The van der Waals surface area contributed by atoms with Crippen LogP contribution in [0.5, 0.6) is 0 Å². The van der Waals surface area contributed by atoms with Gasteiger partial charge in [-0.2, -0.15) is 5.10 Å². The fraction of sp³-hybridized carbons (Fsp3) is 0.300. The number of nitrogens with zero attached hydrogens (tertiary/aromatic N) is 4. The standard InChI is InChI=1S/C20H23N5O2/c1-5-25(6-2)20(27)15-9-7-8-10-17(15)22-19(26)14-11-16-13(3)23-24(4)18(16)21-12-14/h7-12H,5-6H2,1-4H3,(H,22,26). The topological polar surface area (TPSA) is 80.1 Å². The van der Waals surface area contributed by atoms with Crippen LogP contribution in [-0.2, 0) is 7.05 Å². The number of aryl methyl sites for hydroxylation is 2. The van der Waals surface area contributed by atoms with Crippen molar-refractivity contribution < 1.29 is 9.59 Å². The first-order valence-corrected chi connectivity index (χ1v) is 8.95. The van der Waals surface area contributed by atoms with Crippen LogP contribution >= 0.6 is 0 Å². The van der Waals surface area contributed by atoms with Gasteiger partial charge in [0.05, 0.1) is 22.5 Å². The second-order valence-corrected chi connectivity index (χ2v) is 6.28. The quantitative estimate of drug-likeness (QED) is 0.754. The second-order valence-electron chi connectivity index (χ2n) is 6.28. The summed E-state index contributed by atoms with van der Waals surface area (Å²) in [6, 6.07) is 8.81. The zero-order valence-corrected chi connectivity index (χ0v) is 16.0. The van der Waals surface area contributed by atoms with Crippen LogP contribution in [-0.4, -0.2) is 44.6 Å². The Hall–Kier alpha value is -3.22. The molecule has 0 unspecified atom stereocenters. The van der Waals surface area contributed by atoms with Crippen molar-refractivity contribution in [2.45, 2.75) is 20.8 Å². The summed E-state index contributed by atoms with van der Waals surface area (Å²) in [5, 5.41) is 8.00. The van der Waals surface area contributed by atoms with Gasteiger partial charge in [0.2, 0.25) is 0 Å². The average Bonchev–Trinajstić information content (AvgIpc) is 2.96. The zero-order chi connectivity index (χ0) is 19.6. The van der Waals surface area contributed by atoms with E-state index in [1.807, 2.05) is 27.8 Å². The van der Waals surface area contributed by atoms with E-state index < -0.39 is 0 Å². The maximum Gasteiger partial charge on any atom is 0.257 e. The normalized spacial score (nSPS) is 10.8. The van der Waals surface area contributed by atoms with Crippen molar-refractivity contribution in [1.82, 2.24) is 19.7 Å². The van der Waals surface area contributed by atoms with Gasteiger partial charge in [-0.3, -0.25) is 14.3 Å². The summed E-state index contributed by atoms with van der Waals surface area (Å²) in [4.78, 5) is 31.5. The van der Waals surface area contributed by atoms with Crippen molar-refractivity contribution in [3.8, 4) is 0 Å². The highest BCUT2D eigenvalue weighted by Gasteiger charge is 2.18. The predicted molar refractivity (Wildman–Crippen MR) is 105 cm³/mol. The van der Waals surface area contributed by atoms with Gasteiger partial charge in [0.1, 0.15) is 0 Å². The molecule has 140 valence electrons. The van der Waals surface area contributed by atoms with Crippen LogP contribution in [0.15, 0.2) is 36.5 Å². The summed E-state index contributed by atoms with van der Waals surface area (Å²) in [6.45, 7) is 6.96. The van der Waals surface area contributed by atoms with Gasteiger partial charge in [-0.15, -0.1) is 0 Å². The predicted octanol–water partition coefficient (Wildman–Crippen LogP) is 3.01. The summed E-state index contributed by atoms with van der Waals surface area (Å²) in [5.41, 5.74) is 2.92. The van der Waals surface area contributed by atoms with Crippen molar-refractivity contribution in [2.24, 2.45) is 7.05 Å². The molecule has 2 amide bonds. The molecule has 3 rings (SSSR count). The van der Waals surface area contributed by atoms with Gasteiger partial charge >= 0.3 is 0 Å². The molecule has 2 aromatic heterocycles. The number of hydrogen-bond donors (Lipinski definition) is 1. The molecule has 0 atom stereocenters. The van der Waals surface area contributed by atoms with E-state index in [1.54, 1.807) is 39.9 Å². The van der Waals surface area contributed by atoms with Gasteiger partial charge in [0.15, 0.2) is 5.65 Å². The van der Waals surface area contributed by atoms with E-state index in [4.69, 9.17) is 0 Å². The van der Waals surface area contributed by atoms with Gasteiger partial charge < -0.3 is 10.2 Å². The molecule has 27 heavy (non-hydrogen) atoms. The lowest BCUT2D eigenvalue weighted by atomic mass is 10.1. The molecule has 0 aliphatic carbocycles. The van der Waals surface area contributed by atoms with E-state index >= 15 is 0 Å². The molecule has 0 radical (unpaired) electrons. The monoisotopic (exact) mass is 365 g/mol.